The van der Waals surface area contributed by atoms with E-state index in [1.54, 1.807) is 12.1 Å². The highest BCUT2D eigenvalue weighted by Gasteiger charge is 2.25. The zero-order valence-electron chi connectivity index (χ0n) is 10.8. The molecular weight excluding hydrogens is 288 g/mol. The predicted molar refractivity (Wildman–Crippen MR) is 72.1 cm³/mol. The van der Waals surface area contributed by atoms with Crippen LogP contribution in [-0.2, 0) is 4.79 Å². The fourth-order valence-corrected chi connectivity index (χ4v) is 2.62. The summed E-state index contributed by atoms with van der Waals surface area (Å²) in [6.07, 6.45) is 4.04. The number of para-hydroxylation sites is 1. The molecule has 0 saturated heterocycles. The molecule has 0 heterocycles. The Morgan fingerprint density at radius 3 is 2.60 bits per heavy atom. The van der Waals surface area contributed by atoms with Crippen LogP contribution in [0.2, 0.25) is 0 Å². The van der Waals surface area contributed by atoms with Crippen LogP contribution in [0.4, 0.5) is 8.78 Å². The lowest BCUT2D eigenvalue weighted by Crippen LogP contribution is -2.35. The monoisotopic (exact) mass is 303 g/mol. The molecule has 1 N–H and O–H groups in total. The van der Waals surface area contributed by atoms with Crippen molar-refractivity contribution < 1.29 is 18.3 Å². The molecular formula is C14H16ClF2NO2. The molecule has 1 aromatic carbocycles. The Bertz CT molecular complexity index is 464. The van der Waals surface area contributed by atoms with Gasteiger partial charge in [0.1, 0.15) is 11.1 Å². The number of hydrogen-bond donors (Lipinski definition) is 1. The molecule has 1 atom stereocenters. The van der Waals surface area contributed by atoms with Crippen molar-refractivity contribution in [2.45, 2.75) is 43.7 Å². The maximum absolute atomic E-state index is 12.3. The normalized spacial score (nSPS) is 17.2. The molecule has 0 spiro atoms. The molecule has 3 nitrogen and oxygen atoms in total. The number of nitrogens with one attached hydrogen (secondary N) is 1. The zero-order chi connectivity index (χ0) is 14.5. The first-order valence-corrected chi connectivity index (χ1v) is 6.99. The van der Waals surface area contributed by atoms with Crippen LogP contribution < -0.4 is 10.1 Å². The maximum atomic E-state index is 12.3. The lowest BCUT2D eigenvalue weighted by Gasteiger charge is -2.17. The lowest BCUT2D eigenvalue weighted by molar-refractivity contribution is -0.121. The minimum Gasteiger partial charge on any atom is -0.434 e. The summed E-state index contributed by atoms with van der Waals surface area (Å²) in [4.78, 5) is 12.1. The fourth-order valence-electron chi connectivity index (χ4n) is 2.38. The third-order valence-electron chi connectivity index (χ3n) is 3.34. The van der Waals surface area contributed by atoms with E-state index in [4.69, 9.17) is 11.6 Å². The summed E-state index contributed by atoms with van der Waals surface area (Å²) in [5, 5.41) is 1.81. The zero-order valence-corrected chi connectivity index (χ0v) is 11.6. The lowest BCUT2D eigenvalue weighted by atomic mass is 10.1. The number of benzene rings is 1. The van der Waals surface area contributed by atoms with Gasteiger partial charge in [0, 0.05) is 11.6 Å². The van der Waals surface area contributed by atoms with Gasteiger partial charge in [0.15, 0.2) is 0 Å². The van der Waals surface area contributed by atoms with Crippen molar-refractivity contribution in [2.75, 3.05) is 0 Å². The SMILES string of the molecule is O=C(NC1CCCC1)C(Cl)c1ccccc1OC(F)F. The maximum Gasteiger partial charge on any atom is 0.387 e. The van der Waals surface area contributed by atoms with E-state index < -0.39 is 12.0 Å². The van der Waals surface area contributed by atoms with Crippen LogP contribution in [0.3, 0.4) is 0 Å². The molecule has 1 aliphatic rings. The second-order valence-corrected chi connectivity index (χ2v) is 5.21. The number of carbonyl (C=O) groups is 1. The summed E-state index contributed by atoms with van der Waals surface area (Å²) in [6, 6.07) is 6.21. The van der Waals surface area contributed by atoms with Crippen molar-refractivity contribution >= 4 is 17.5 Å². The Hall–Kier alpha value is -1.36. The molecule has 1 unspecified atom stereocenters. The van der Waals surface area contributed by atoms with Crippen LogP contribution in [0.5, 0.6) is 5.75 Å². The third-order valence-corrected chi connectivity index (χ3v) is 3.77. The van der Waals surface area contributed by atoms with E-state index in [2.05, 4.69) is 10.1 Å². The Morgan fingerprint density at radius 2 is 1.95 bits per heavy atom. The average Bonchev–Trinajstić information content (AvgIpc) is 2.90. The van der Waals surface area contributed by atoms with Crippen LogP contribution in [0.15, 0.2) is 24.3 Å². The van der Waals surface area contributed by atoms with Gasteiger partial charge < -0.3 is 10.1 Å². The number of hydrogen-bond acceptors (Lipinski definition) is 2. The van der Waals surface area contributed by atoms with E-state index >= 15 is 0 Å². The first-order valence-electron chi connectivity index (χ1n) is 6.56. The van der Waals surface area contributed by atoms with Crippen molar-refractivity contribution in [1.82, 2.24) is 5.32 Å². The van der Waals surface area contributed by atoms with E-state index in [0.717, 1.165) is 25.7 Å². The summed E-state index contributed by atoms with van der Waals surface area (Å²) < 4.78 is 29.0. The molecule has 0 bridgehead atoms. The van der Waals surface area contributed by atoms with Gasteiger partial charge in [-0.3, -0.25) is 4.79 Å². The van der Waals surface area contributed by atoms with Crippen LogP contribution in [0.25, 0.3) is 0 Å². The Kier molecular flexibility index (Phi) is 5.17. The molecule has 110 valence electrons. The summed E-state index contributed by atoms with van der Waals surface area (Å²) in [5.74, 6) is -0.437. The standard InChI is InChI=1S/C14H16ClF2NO2/c15-12(13(19)18-9-5-1-2-6-9)10-7-3-4-8-11(10)20-14(16)17/h3-4,7-9,12,14H,1-2,5-6H2,(H,18,19). The molecule has 0 aromatic heterocycles. The van der Waals surface area contributed by atoms with E-state index in [0.29, 0.717) is 0 Å². The van der Waals surface area contributed by atoms with Crippen molar-refractivity contribution in [2.24, 2.45) is 0 Å². The van der Waals surface area contributed by atoms with Crippen molar-refractivity contribution in [3.05, 3.63) is 29.8 Å². The van der Waals surface area contributed by atoms with Gasteiger partial charge in [0.25, 0.3) is 0 Å². The smallest absolute Gasteiger partial charge is 0.387 e. The van der Waals surface area contributed by atoms with Gasteiger partial charge in [0.05, 0.1) is 0 Å². The van der Waals surface area contributed by atoms with E-state index in [-0.39, 0.29) is 23.3 Å². The Labute approximate surface area is 121 Å². The highest BCUT2D eigenvalue weighted by molar-refractivity contribution is 6.31. The van der Waals surface area contributed by atoms with Gasteiger partial charge >= 0.3 is 6.61 Å². The van der Waals surface area contributed by atoms with Gasteiger partial charge in [-0.25, -0.2) is 0 Å². The third kappa shape index (κ3) is 3.82. The minimum atomic E-state index is -2.95. The van der Waals surface area contributed by atoms with E-state index in [1.807, 2.05) is 0 Å². The van der Waals surface area contributed by atoms with Crippen molar-refractivity contribution in [3.63, 3.8) is 0 Å². The first-order chi connectivity index (χ1) is 9.58. The molecule has 1 aliphatic carbocycles. The Morgan fingerprint density at radius 1 is 1.30 bits per heavy atom. The number of alkyl halides is 3. The van der Waals surface area contributed by atoms with Gasteiger partial charge in [-0.15, -0.1) is 11.6 Å². The molecule has 0 aliphatic heterocycles. The highest BCUT2D eigenvalue weighted by atomic mass is 35.5. The van der Waals surface area contributed by atoms with Gasteiger partial charge in [-0.05, 0) is 18.9 Å². The molecule has 20 heavy (non-hydrogen) atoms. The highest BCUT2D eigenvalue weighted by Crippen LogP contribution is 2.31. The summed E-state index contributed by atoms with van der Waals surface area (Å²) in [7, 11) is 0. The van der Waals surface area contributed by atoms with Crippen LogP contribution in [0.1, 0.15) is 36.6 Å². The summed E-state index contributed by atoms with van der Waals surface area (Å²) >= 11 is 6.09. The molecule has 1 aromatic rings. The van der Waals surface area contributed by atoms with Crippen molar-refractivity contribution in [3.8, 4) is 5.75 Å². The predicted octanol–water partition coefficient (Wildman–Crippen LogP) is 3.63. The number of ether oxygens (including phenoxy) is 1. The van der Waals surface area contributed by atoms with Gasteiger partial charge in [-0.2, -0.15) is 8.78 Å². The second-order valence-electron chi connectivity index (χ2n) is 4.77. The van der Waals surface area contributed by atoms with E-state index in [1.165, 1.54) is 12.1 Å². The number of rotatable bonds is 5. The molecule has 6 heteroatoms. The summed E-state index contributed by atoms with van der Waals surface area (Å²) in [5.41, 5.74) is 0.255. The van der Waals surface area contributed by atoms with Gasteiger partial charge in [-0.1, -0.05) is 31.0 Å². The van der Waals surface area contributed by atoms with Crippen molar-refractivity contribution in [1.29, 1.82) is 0 Å². The summed E-state index contributed by atoms with van der Waals surface area (Å²) in [6.45, 7) is -2.95. The Balaban J connectivity index is 2.07. The topological polar surface area (TPSA) is 38.3 Å². The molecule has 1 fully saturated rings. The largest absolute Gasteiger partial charge is 0.434 e. The first kappa shape index (κ1) is 15.0. The van der Waals surface area contributed by atoms with Crippen LogP contribution >= 0.6 is 11.6 Å². The van der Waals surface area contributed by atoms with Crippen LogP contribution in [0, 0.1) is 0 Å². The molecule has 1 amide bonds. The van der Waals surface area contributed by atoms with Gasteiger partial charge in [0.2, 0.25) is 5.91 Å². The number of halogens is 3. The molecule has 1 saturated carbocycles. The number of carbonyl (C=O) groups excluding carboxylic acids is 1. The minimum absolute atomic E-state index is 0.0657. The van der Waals surface area contributed by atoms with Crippen LogP contribution in [-0.4, -0.2) is 18.6 Å². The number of amides is 1. The molecule has 2 rings (SSSR count). The second kappa shape index (κ2) is 6.88. The average molecular weight is 304 g/mol. The van der Waals surface area contributed by atoms with E-state index in [9.17, 15) is 13.6 Å². The quantitative estimate of drug-likeness (QED) is 0.844. The molecule has 0 radical (unpaired) electrons. The fraction of sp³-hybridized carbons (Fsp3) is 0.500.